The first-order valence-corrected chi connectivity index (χ1v) is 14.6. The molecule has 2 aliphatic rings. The second-order valence-corrected chi connectivity index (χ2v) is 11.3. The van der Waals surface area contributed by atoms with E-state index >= 15 is 0 Å². The van der Waals surface area contributed by atoms with Crippen molar-refractivity contribution in [1.29, 1.82) is 0 Å². The van der Waals surface area contributed by atoms with Crippen molar-refractivity contribution in [2.45, 2.75) is 104 Å². The molecule has 0 spiro atoms. The fraction of sp³-hybridized carbons (Fsp3) is 0.688. The molecule has 0 heterocycles. The quantitative estimate of drug-likeness (QED) is 0.118. The van der Waals surface area contributed by atoms with Gasteiger partial charge in [-0.05, 0) is 62.5 Å². The second-order valence-electron chi connectivity index (χ2n) is 11.3. The molecular weight excluding hydrogens is 483 g/mol. The molecule has 2 aliphatic carbocycles. The number of esters is 2. The van der Waals surface area contributed by atoms with Crippen LogP contribution in [0.3, 0.4) is 0 Å². The molecule has 1 N–H and O–H groups in total. The maximum absolute atomic E-state index is 15.0. The van der Waals surface area contributed by atoms with E-state index in [0.29, 0.717) is 12.8 Å². The summed E-state index contributed by atoms with van der Waals surface area (Å²) in [6, 6.07) is 0. The van der Waals surface area contributed by atoms with Crippen LogP contribution in [0.25, 0.3) is 0 Å². The fourth-order valence-corrected chi connectivity index (χ4v) is 5.50. The second kappa shape index (κ2) is 17.4. The van der Waals surface area contributed by atoms with Crippen molar-refractivity contribution < 1.29 is 28.6 Å². The SMILES string of the molecule is C=C(C)C(=O)OCC(COC(=O)C(=C)CO)CC1=CC(F)=C(CCCC2CCC(CCCCC)CC2)CC1. The number of carbonyl (C=O) groups excluding carboxylic acids is 2. The number of hydrogen-bond donors (Lipinski definition) is 1. The first kappa shape index (κ1) is 32.0. The molecule has 6 heteroatoms. The van der Waals surface area contributed by atoms with E-state index in [0.717, 1.165) is 42.2 Å². The Morgan fingerprint density at radius 3 is 2.16 bits per heavy atom. The highest BCUT2D eigenvalue weighted by Crippen LogP contribution is 2.36. The fourth-order valence-electron chi connectivity index (χ4n) is 5.50. The molecule has 0 aromatic heterocycles. The van der Waals surface area contributed by atoms with Gasteiger partial charge in [0.1, 0.15) is 5.83 Å². The molecule has 0 amide bonds. The Balaban J connectivity index is 1.83. The van der Waals surface area contributed by atoms with Gasteiger partial charge in [-0.2, -0.15) is 0 Å². The summed E-state index contributed by atoms with van der Waals surface area (Å²) in [5, 5.41) is 9.07. The van der Waals surface area contributed by atoms with E-state index < -0.39 is 18.5 Å². The van der Waals surface area contributed by atoms with Gasteiger partial charge in [0.25, 0.3) is 0 Å². The number of unbranched alkanes of at least 4 members (excludes halogenated alkanes) is 2. The molecule has 1 atom stereocenters. The van der Waals surface area contributed by atoms with E-state index in [2.05, 4.69) is 20.1 Å². The minimum atomic E-state index is -0.695. The van der Waals surface area contributed by atoms with Crippen molar-refractivity contribution in [3.05, 3.63) is 47.4 Å². The molecular formula is C32H49FO5. The van der Waals surface area contributed by atoms with Crippen LogP contribution in [0, 0.1) is 17.8 Å². The van der Waals surface area contributed by atoms with Gasteiger partial charge in [0.2, 0.25) is 0 Å². The molecule has 38 heavy (non-hydrogen) atoms. The summed E-state index contributed by atoms with van der Waals surface area (Å²) in [7, 11) is 0. The summed E-state index contributed by atoms with van der Waals surface area (Å²) in [5.74, 6) is 0.0329. The molecule has 1 fully saturated rings. The highest BCUT2D eigenvalue weighted by atomic mass is 19.1. The lowest BCUT2D eigenvalue weighted by molar-refractivity contribution is -0.144. The Kier molecular flexibility index (Phi) is 14.6. The molecule has 0 aliphatic heterocycles. The van der Waals surface area contributed by atoms with Gasteiger partial charge >= 0.3 is 11.9 Å². The van der Waals surface area contributed by atoms with Crippen LogP contribution in [0.4, 0.5) is 4.39 Å². The summed E-state index contributed by atoms with van der Waals surface area (Å²) in [5.41, 5.74) is 2.06. The predicted octanol–water partition coefficient (Wildman–Crippen LogP) is 7.70. The summed E-state index contributed by atoms with van der Waals surface area (Å²) in [4.78, 5) is 23.8. The molecule has 0 aromatic carbocycles. The number of hydrogen-bond acceptors (Lipinski definition) is 5. The van der Waals surface area contributed by atoms with Crippen LogP contribution >= 0.6 is 0 Å². The van der Waals surface area contributed by atoms with Gasteiger partial charge in [0.05, 0.1) is 25.4 Å². The Hall–Kier alpha value is -2.21. The number of carbonyl (C=O) groups is 2. The molecule has 2 rings (SSSR count). The van der Waals surface area contributed by atoms with Crippen molar-refractivity contribution in [2.75, 3.05) is 19.8 Å². The Bertz CT molecular complexity index is 863. The highest BCUT2D eigenvalue weighted by Gasteiger charge is 2.23. The predicted molar refractivity (Wildman–Crippen MR) is 150 cm³/mol. The van der Waals surface area contributed by atoms with E-state index in [1.165, 1.54) is 57.8 Å². The Morgan fingerprint density at radius 2 is 1.61 bits per heavy atom. The first-order valence-electron chi connectivity index (χ1n) is 14.6. The van der Waals surface area contributed by atoms with Crippen LogP contribution < -0.4 is 0 Å². The van der Waals surface area contributed by atoms with Gasteiger partial charge in [-0.25, -0.2) is 14.0 Å². The van der Waals surface area contributed by atoms with Gasteiger partial charge in [0, 0.05) is 11.5 Å². The number of rotatable bonds is 17. The molecule has 0 aromatic rings. The molecule has 1 unspecified atom stereocenters. The summed E-state index contributed by atoms with van der Waals surface area (Å²) in [6.45, 7) is 10.4. The maximum atomic E-state index is 15.0. The zero-order chi connectivity index (χ0) is 27.9. The van der Waals surface area contributed by atoms with E-state index in [1.54, 1.807) is 13.0 Å². The van der Waals surface area contributed by atoms with Crippen LogP contribution in [0.15, 0.2) is 47.4 Å². The first-order chi connectivity index (χ1) is 18.2. The van der Waals surface area contributed by atoms with E-state index in [9.17, 15) is 14.0 Å². The Labute approximate surface area is 229 Å². The molecule has 5 nitrogen and oxygen atoms in total. The van der Waals surface area contributed by atoms with Gasteiger partial charge in [-0.15, -0.1) is 0 Å². The number of ether oxygens (including phenoxy) is 2. The lowest BCUT2D eigenvalue weighted by Crippen LogP contribution is -2.23. The van der Waals surface area contributed by atoms with E-state index in [4.69, 9.17) is 14.6 Å². The maximum Gasteiger partial charge on any atom is 0.335 e. The zero-order valence-corrected chi connectivity index (χ0v) is 23.7. The van der Waals surface area contributed by atoms with Crippen molar-refractivity contribution >= 4 is 11.9 Å². The van der Waals surface area contributed by atoms with Crippen LogP contribution in [0.1, 0.15) is 104 Å². The topological polar surface area (TPSA) is 72.8 Å². The Morgan fingerprint density at radius 1 is 1.00 bits per heavy atom. The number of aliphatic hydroxyl groups excluding tert-OH is 1. The average molecular weight is 533 g/mol. The third kappa shape index (κ3) is 11.7. The minimum absolute atomic E-state index is 0.0162. The number of allylic oxidation sites excluding steroid dienone is 4. The zero-order valence-electron chi connectivity index (χ0n) is 23.7. The van der Waals surface area contributed by atoms with Crippen LogP contribution in [0.2, 0.25) is 0 Å². The smallest absolute Gasteiger partial charge is 0.335 e. The third-order valence-electron chi connectivity index (χ3n) is 7.97. The highest BCUT2D eigenvalue weighted by molar-refractivity contribution is 5.88. The van der Waals surface area contributed by atoms with Gasteiger partial charge in [-0.1, -0.05) is 83.4 Å². The van der Waals surface area contributed by atoms with Crippen molar-refractivity contribution in [1.82, 2.24) is 0 Å². The largest absolute Gasteiger partial charge is 0.462 e. The molecule has 1 saturated carbocycles. The van der Waals surface area contributed by atoms with Gasteiger partial charge in [-0.3, -0.25) is 0 Å². The normalized spacial score (nSPS) is 20.5. The number of aliphatic hydroxyl groups is 1. The molecule has 214 valence electrons. The number of halogens is 1. The van der Waals surface area contributed by atoms with Gasteiger partial charge < -0.3 is 14.6 Å². The summed E-state index contributed by atoms with van der Waals surface area (Å²) >= 11 is 0. The van der Waals surface area contributed by atoms with Crippen molar-refractivity contribution in [3.8, 4) is 0 Å². The van der Waals surface area contributed by atoms with E-state index in [-0.39, 0.29) is 36.1 Å². The van der Waals surface area contributed by atoms with Crippen LogP contribution in [0.5, 0.6) is 0 Å². The van der Waals surface area contributed by atoms with E-state index in [1.807, 2.05) is 0 Å². The van der Waals surface area contributed by atoms with Crippen LogP contribution in [-0.2, 0) is 19.1 Å². The standard InChI is InChI=1S/C32H49FO5/c1-5-6-7-9-25-12-14-26(15-13-25)10-8-11-29-17-16-27(19-30(29)33)18-28(21-37-31(35)23(2)3)22-38-32(36)24(4)20-34/h19,25-26,28,34H,2,4-18,20-22H2,1,3H3. The molecule has 0 radical (unpaired) electrons. The average Bonchev–Trinajstić information content (AvgIpc) is 2.91. The lowest BCUT2D eigenvalue weighted by Gasteiger charge is -2.28. The molecule has 0 saturated heterocycles. The summed E-state index contributed by atoms with van der Waals surface area (Å²) < 4.78 is 25.5. The minimum Gasteiger partial charge on any atom is -0.462 e. The monoisotopic (exact) mass is 532 g/mol. The van der Waals surface area contributed by atoms with Crippen molar-refractivity contribution in [2.24, 2.45) is 17.8 Å². The lowest BCUT2D eigenvalue weighted by atomic mass is 9.77. The third-order valence-corrected chi connectivity index (χ3v) is 7.97. The van der Waals surface area contributed by atoms with Gasteiger partial charge in [0.15, 0.2) is 0 Å². The van der Waals surface area contributed by atoms with Crippen molar-refractivity contribution in [3.63, 3.8) is 0 Å². The summed E-state index contributed by atoms with van der Waals surface area (Å²) in [6.07, 6.45) is 17.4. The van der Waals surface area contributed by atoms with Crippen LogP contribution in [-0.4, -0.2) is 36.9 Å². The molecule has 0 bridgehead atoms.